The van der Waals surface area contributed by atoms with Crippen LogP contribution in [0.2, 0.25) is 0 Å². The number of ketones is 1. The number of hydrogen-bond donors (Lipinski definition) is 1. The summed E-state index contributed by atoms with van der Waals surface area (Å²) in [7, 11) is 0. The van der Waals surface area contributed by atoms with E-state index >= 15 is 0 Å². The van der Waals surface area contributed by atoms with Gasteiger partial charge in [-0.2, -0.15) is 0 Å². The average molecular weight is 272 g/mol. The molecule has 6 heteroatoms. The number of carboxylic acids is 1. The second-order valence-corrected chi connectivity index (χ2v) is 4.65. The lowest BCUT2D eigenvalue weighted by atomic mass is 9.94. The molecule has 2 unspecified atom stereocenters. The third-order valence-corrected chi connectivity index (χ3v) is 3.41. The average Bonchev–Trinajstić information content (AvgIpc) is 2.76. The van der Waals surface area contributed by atoms with Gasteiger partial charge in [-0.1, -0.05) is 0 Å². The van der Waals surface area contributed by atoms with Gasteiger partial charge in [-0.05, 0) is 19.3 Å². The Hall–Kier alpha value is -1.85. The first-order chi connectivity index (χ1) is 8.90. The van der Waals surface area contributed by atoms with Crippen LogP contribution in [-0.2, 0) is 4.79 Å². The minimum Gasteiger partial charge on any atom is -0.481 e. The fourth-order valence-corrected chi connectivity index (χ4v) is 2.43. The molecule has 1 N–H and O–H groups in total. The Bertz CT molecular complexity index is 519. The van der Waals surface area contributed by atoms with Crippen LogP contribution in [0.15, 0.2) is 12.1 Å². The molecule has 1 aliphatic carbocycles. The maximum atomic E-state index is 13.5. The summed E-state index contributed by atoms with van der Waals surface area (Å²) in [5.41, 5.74) is -0.780. The van der Waals surface area contributed by atoms with Gasteiger partial charge in [-0.15, -0.1) is 0 Å². The molecule has 0 aliphatic heterocycles. The highest BCUT2D eigenvalue weighted by Crippen LogP contribution is 2.34. The summed E-state index contributed by atoms with van der Waals surface area (Å²) in [6, 6.07) is 0.889. The molecule has 1 fully saturated rings. The molecule has 0 bridgehead atoms. The molecule has 0 spiro atoms. The van der Waals surface area contributed by atoms with Crippen LogP contribution >= 0.6 is 0 Å². The van der Waals surface area contributed by atoms with Crippen molar-refractivity contribution in [3.8, 4) is 0 Å². The number of carboxylic acid groups (broad SMARTS) is 1. The molecule has 3 nitrogen and oxygen atoms in total. The van der Waals surface area contributed by atoms with Crippen molar-refractivity contribution in [1.29, 1.82) is 0 Å². The number of hydrogen-bond acceptors (Lipinski definition) is 2. The van der Waals surface area contributed by atoms with Gasteiger partial charge >= 0.3 is 5.97 Å². The summed E-state index contributed by atoms with van der Waals surface area (Å²) in [5, 5.41) is 8.82. The molecule has 0 heterocycles. The Morgan fingerprint density at radius 2 is 1.58 bits per heavy atom. The summed E-state index contributed by atoms with van der Waals surface area (Å²) < 4.78 is 39.7. The van der Waals surface area contributed by atoms with Crippen LogP contribution in [0.1, 0.15) is 29.6 Å². The first kappa shape index (κ1) is 13.6. The summed E-state index contributed by atoms with van der Waals surface area (Å²) in [6.45, 7) is 0. The van der Waals surface area contributed by atoms with Crippen molar-refractivity contribution >= 4 is 11.8 Å². The maximum absolute atomic E-state index is 13.5. The summed E-state index contributed by atoms with van der Waals surface area (Å²) >= 11 is 0. The molecule has 0 amide bonds. The lowest BCUT2D eigenvalue weighted by Gasteiger charge is -2.10. The van der Waals surface area contributed by atoms with Crippen molar-refractivity contribution in [2.45, 2.75) is 19.3 Å². The zero-order chi connectivity index (χ0) is 14.2. The fraction of sp³-hybridized carbons (Fsp3) is 0.385. The first-order valence-electron chi connectivity index (χ1n) is 5.81. The van der Waals surface area contributed by atoms with Crippen LogP contribution in [0.3, 0.4) is 0 Å². The lowest BCUT2D eigenvalue weighted by Crippen LogP contribution is -2.17. The third-order valence-electron chi connectivity index (χ3n) is 3.41. The zero-order valence-electron chi connectivity index (χ0n) is 9.83. The quantitative estimate of drug-likeness (QED) is 0.861. The van der Waals surface area contributed by atoms with E-state index in [2.05, 4.69) is 0 Å². The van der Waals surface area contributed by atoms with Gasteiger partial charge in [-0.25, -0.2) is 13.2 Å². The smallest absolute Gasteiger partial charge is 0.306 e. The molecule has 1 aromatic carbocycles. The van der Waals surface area contributed by atoms with Gasteiger partial charge in [0.15, 0.2) is 5.78 Å². The van der Waals surface area contributed by atoms with Crippen LogP contribution in [0.4, 0.5) is 13.2 Å². The van der Waals surface area contributed by atoms with E-state index in [0.29, 0.717) is 18.6 Å². The second kappa shape index (κ2) is 5.03. The molecule has 0 radical (unpaired) electrons. The Balaban J connectivity index is 2.24. The molecule has 0 aromatic heterocycles. The van der Waals surface area contributed by atoms with Crippen LogP contribution in [-0.4, -0.2) is 16.9 Å². The van der Waals surface area contributed by atoms with E-state index < -0.39 is 46.6 Å². The Morgan fingerprint density at radius 1 is 1.05 bits per heavy atom. The van der Waals surface area contributed by atoms with E-state index in [4.69, 9.17) is 5.11 Å². The fourth-order valence-electron chi connectivity index (χ4n) is 2.43. The van der Waals surface area contributed by atoms with Gasteiger partial charge in [0.25, 0.3) is 0 Å². The molecule has 0 saturated heterocycles. The normalized spacial score (nSPS) is 22.5. The number of carbonyl (C=O) groups excluding carboxylic acids is 1. The SMILES string of the molecule is O=C(O)C1CCC(C(=O)c2c(F)cc(F)cc2F)C1. The van der Waals surface area contributed by atoms with Gasteiger partial charge in [0.2, 0.25) is 0 Å². The van der Waals surface area contributed by atoms with Gasteiger partial charge in [0.05, 0.1) is 11.5 Å². The zero-order valence-corrected chi connectivity index (χ0v) is 9.83. The Labute approximate surface area is 107 Å². The molecular formula is C13H11F3O3. The molecule has 19 heavy (non-hydrogen) atoms. The highest BCUT2D eigenvalue weighted by Gasteiger charge is 2.36. The minimum absolute atomic E-state index is 0.0599. The van der Waals surface area contributed by atoms with Gasteiger partial charge in [0.1, 0.15) is 17.5 Å². The van der Waals surface area contributed by atoms with Crippen LogP contribution in [0.25, 0.3) is 0 Å². The highest BCUT2D eigenvalue weighted by atomic mass is 19.1. The second-order valence-electron chi connectivity index (χ2n) is 4.65. The van der Waals surface area contributed by atoms with Crippen LogP contribution < -0.4 is 0 Å². The summed E-state index contributed by atoms with van der Waals surface area (Å²) in [4.78, 5) is 22.7. The number of benzene rings is 1. The minimum atomic E-state index is -1.25. The van der Waals surface area contributed by atoms with Crippen molar-refractivity contribution in [2.75, 3.05) is 0 Å². The van der Waals surface area contributed by atoms with E-state index in [1.165, 1.54) is 0 Å². The largest absolute Gasteiger partial charge is 0.481 e. The van der Waals surface area contributed by atoms with Gasteiger partial charge in [-0.3, -0.25) is 9.59 Å². The predicted molar refractivity (Wildman–Crippen MR) is 59.1 cm³/mol. The standard InChI is InChI=1S/C13H11F3O3/c14-8-4-9(15)11(10(16)5-8)12(17)6-1-2-7(3-6)13(18)19/h4-7H,1-3H2,(H,18,19). The van der Waals surface area contributed by atoms with E-state index in [1.807, 2.05) is 0 Å². The topological polar surface area (TPSA) is 54.4 Å². The number of aliphatic carboxylic acids is 1. The monoisotopic (exact) mass is 272 g/mol. The molecule has 1 aliphatic rings. The van der Waals surface area contributed by atoms with E-state index in [0.717, 1.165) is 0 Å². The van der Waals surface area contributed by atoms with Crippen LogP contribution in [0.5, 0.6) is 0 Å². The van der Waals surface area contributed by atoms with Crippen molar-refractivity contribution < 1.29 is 27.9 Å². The lowest BCUT2D eigenvalue weighted by molar-refractivity contribution is -0.141. The van der Waals surface area contributed by atoms with Crippen LogP contribution in [0, 0.1) is 29.3 Å². The Kier molecular flexibility index (Phi) is 3.59. The van der Waals surface area contributed by atoms with Crippen molar-refractivity contribution in [3.63, 3.8) is 0 Å². The van der Waals surface area contributed by atoms with E-state index in [-0.39, 0.29) is 12.8 Å². The first-order valence-corrected chi connectivity index (χ1v) is 5.81. The number of halogens is 3. The molecule has 2 rings (SSSR count). The van der Waals surface area contributed by atoms with Gasteiger partial charge < -0.3 is 5.11 Å². The molecule has 2 atom stereocenters. The van der Waals surface area contributed by atoms with Crippen molar-refractivity contribution in [2.24, 2.45) is 11.8 Å². The maximum Gasteiger partial charge on any atom is 0.306 e. The van der Waals surface area contributed by atoms with E-state index in [9.17, 15) is 22.8 Å². The number of rotatable bonds is 3. The third kappa shape index (κ3) is 2.62. The van der Waals surface area contributed by atoms with Crippen molar-refractivity contribution in [3.05, 3.63) is 35.1 Å². The summed E-state index contributed by atoms with van der Waals surface area (Å²) in [6.07, 6.45) is 0.632. The number of carbonyl (C=O) groups is 2. The highest BCUT2D eigenvalue weighted by molar-refractivity contribution is 5.98. The predicted octanol–water partition coefficient (Wildman–Crippen LogP) is 2.79. The number of Topliss-reactive ketones (excluding diaryl/α,β-unsaturated/α-hetero) is 1. The molecular weight excluding hydrogens is 261 g/mol. The molecule has 102 valence electrons. The van der Waals surface area contributed by atoms with Crippen molar-refractivity contribution in [1.82, 2.24) is 0 Å². The molecule has 1 aromatic rings. The Morgan fingerprint density at radius 3 is 2.05 bits per heavy atom. The summed E-state index contributed by atoms with van der Waals surface area (Å²) in [5.74, 6) is -6.80. The van der Waals surface area contributed by atoms with Gasteiger partial charge in [0, 0.05) is 18.1 Å². The van der Waals surface area contributed by atoms with E-state index in [1.54, 1.807) is 0 Å². The molecule has 1 saturated carbocycles.